The molecule has 0 aliphatic carbocycles. The summed E-state index contributed by atoms with van der Waals surface area (Å²) in [7, 11) is 0. The number of hydrogen-bond donors (Lipinski definition) is 2. The molecule has 0 saturated carbocycles. The highest BCUT2D eigenvalue weighted by Gasteiger charge is 2.07. The summed E-state index contributed by atoms with van der Waals surface area (Å²) in [5, 5.41) is 8.87. The fourth-order valence-corrected chi connectivity index (χ4v) is 3.47. The number of anilines is 1. The van der Waals surface area contributed by atoms with Gasteiger partial charge in [0.15, 0.2) is 0 Å². The lowest BCUT2D eigenvalue weighted by Crippen LogP contribution is -2.30. The van der Waals surface area contributed by atoms with E-state index in [9.17, 15) is 4.79 Å². The SMILES string of the molecule is Cc1ccc(-c2nc(CCNC(=O)Nc3cccc(C)c3C)cs2)cc1. The van der Waals surface area contributed by atoms with Gasteiger partial charge in [-0.2, -0.15) is 0 Å². The molecule has 1 heterocycles. The monoisotopic (exact) mass is 365 g/mol. The first kappa shape index (κ1) is 18.1. The average Bonchev–Trinajstić information content (AvgIpc) is 3.08. The number of hydrogen-bond acceptors (Lipinski definition) is 3. The van der Waals surface area contributed by atoms with Crippen molar-refractivity contribution in [3.63, 3.8) is 0 Å². The lowest BCUT2D eigenvalue weighted by atomic mass is 10.1. The second kappa shape index (κ2) is 8.15. The number of aryl methyl sites for hydroxylation is 2. The molecule has 0 fully saturated rings. The van der Waals surface area contributed by atoms with Crippen molar-refractivity contribution in [2.24, 2.45) is 0 Å². The third-order valence-corrected chi connectivity index (χ3v) is 5.31. The molecule has 2 amide bonds. The van der Waals surface area contributed by atoms with Crippen molar-refractivity contribution < 1.29 is 4.79 Å². The molecule has 0 saturated heterocycles. The maximum Gasteiger partial charge on any atom is 0.319 e. The maximum absolute atomic E-state index is 12.1. The topological polar surface area (TPSA) is 54.0 Å². The zero-order chi connectivity index (χ0) is 18.5. The zero-order valence-corrected chi connectivity index (χ0v) is 16.1. The van der Waals surface area contributed by atoms with Gasteiger partial charge in [0.05, 0.1) is 5.69 Å². The zero-order valence-electron chi connectivity index (χ0n) is 15.3. The Morgan fingerprint density at radius 1 is 1.08 bits per heavy atom. The normalized spacial score (nSPS) is 10.6. The quantitative estimate of drug-likeness (QED) is 0.661. The summed E-state index contributed by atoms with van der Waals surface area (Å²) in [5.41, 5.74) is 6.46. The van der Waals surface area contributed by atoms with Crippen molar-refractivity contribution in [3.05, 3.63) is 70.2 Å². The van der Waals surface area contributed by atoms with Crippen molar-refractivity contribution >= 4 is 23.1 Å². The van der Waals surface area contributed by atoms with Gasteiger partial charge in [-0.05, 0) is 38.0 Å². The van der Waals surface area contributed by atoms with Crippen molar-refractivity contribution in [2.75, 3.05) is 11.9 Å². The smallest absolute Gasteiger partial charge is 0.319 e. The number of thiazole rings is 1. The minimum Gasteiger partial charge on any atom is -0.337 e. The first-order valence-electron chi connectivity index (χ1n) is 8.65. The number of nitrogens with one attached hydrogen (secondary N) is 2. The number of amides is 2. The Morgan fingerprint density at radius 2 is 1.85 bits per heavy atom. The van der Waals surface area contributed by atoms with Crippen molar-refractivity contribution in [1.82, 2.24) is 10.3 Å². The first-order chi connectivity index (χ1) is 12.5. The summed E-state index contributed by atoms with van der Waals surface area (Å²) < 4.78 is 0. The van der Waals surface area contributed by atoms with Gasteiger partial charge in [-0.25, -0.2) is 9.78 Å². The molecule has 26 heavy (non-hydrogen) atoms. The molecule has 0 unspecified atom stereocenters. The summed E-state index contributed by atoms with van der Waals surface area (Å²) in [6.45, 7) is 6.67. The molecule has 3 aromatic rings. The Balaban J connectivity index is 1.51. The molecule has 0 bridgehead atoms. The number of aromatic nitrogens is 1. The van der Waals surface area contributed by atoms with Crippen molar-refractivity contribution in [1.29, 1.82) is 0 Å². The molecule has 0 aliphatic heterocycles. The molecule has 5 heteroatoms. The Morgan fingerprint density at radius 3 is 2.62 bits per heavy atom. The fraction of sp³-hybridized carbons (Fsp3) is 0.238. The predicted molar refractivity (Wildman–Crippen MR) is 109 cm³/mol. The summed E-state index contributed by atoms with van der Waals surface area (Å²) in [6, 6.07) is 14.1. The molecule has 2 aromatic carbocycles. The lowest BCUT2D eigenvalue weighted by Gasteiger charge is -2.11. The molecule has 0 spiro atoms. The third-order valence-electron chi connectivity index (χ3n) is 4.37. The van der Waals surface area contributed by atoms with Gasteiger partial charge in [-0.15, -0.1) is 11.3 Å². The molecular weight excluding hydrogens is 342 g/mol. The van der Waals surface area contributed by atoms with E-state index < -0.39 is 0 Å². The minimum atomic E-state index is -0.187. The van der Waals surface area contributed by atoms with Crippen LogP contribution in [0.2, 0.25) is 0 Å². The average molecular weight is 366 g/mol. The van der Waals surface area contributed by atoms with Crippen LogP contribution in [0.15, 0.2) is 47.8 Å². The van der Waals surface area contributed by atoms with Crippen LogP contribution in [0, 0.1) is 20.8 Å². The number of nitrogens with zero attached hydrogens (tertiary/aromatic N) is 1. The van der Waals surface area contributed by atoms with E-state index in [1.165, 1.54) is 5.56 Å². The molecule has 0 aliphatic rings. The van der Waals surface area contributed by atoms with Gasteiger partial charge in [0.25, 0.3) is 0 Å². The highest BCUT2D eigenvalue weighted by molar-refractivity contribution is 7.13. The molecule has 0 radical (unpaired) electrons. The van der Waals surface area contributed by atoms with Gasteiger partial charge < -0.3 is 10.6 Å². The second-order valence-electron chi connectivity index (χ2n) is 6.39. The number of urea groups is 1. The number of benzene rings is 2. The van der Waals surface area contributed by atoms with Crippen LogP contribution >= 0.6 is 11.3 Å². The molecule has 1 aromatic heterocycles. The van der Waals surface area contributed by atoms with Crippen LogP contribution in [-0.4, -0.2) is 17.6 Å². The molecule has 3 rings (SSSR count). The van der Waals surface area contributed by atoms with E-state index in [0.717, 1.165) is 33.1 Å². The van der Waals surface area contributed by atoms with Gasteiger partial charge >= 0.3 is 6.03 Å². The van der Waals surface area contributed by atoms with Crippen LogP contribution in [0.4, 0.5) is 10.5 Å². The maximum atomic E-state index is 12.1. The third kappa shape index (κ3) is 4.49. The van der Waals surface area contributed by atoms with E-state index in [-0.39, 0.29) is 6.03 Å². The largest absolute Gasteiger partial charge is 0.337 e. The standard InChI is InChI=1S/C21H23N3OS/c1-14-7-9-17(10-8-14)20-23-18(13-26-20)11-12-22-21(25)24-19-6-4-5-15(2)16(19)3/h4-10,13H,11-12H2,1-3H3,(H2,22,24,25). The Labute approximate surface area is 158 Å². The van der Waals surface area contributed by atoms with Crippen LogP contribution in [0.25, 0.3) is 10.6 Å². The van der Waals surface area contributed by atoms with E-state index in [1.54, 1.807) is 11.3 Å². The summed E-state index contributed by atoms with van der Waals surface area (Å²) in [4.78, 5) is 16.7. The van der Waals surface area contributed by atoms with Crippen LogP contribution in [0.5, 0.6) is 0 Å². The van der Waals surface area contributed by atoms with Crippen LogP contribution in [-0.2, 0) is 6.42 Å². The van der Waals surface area contributed by atoms with Crippen molar-refractivity contribution in [2.45, 2.75) is 27.2 Å². The number of rotatable bonds is 5. The predicted octanol–water partition coefficient (Wildman–Crippen LogP) is 5.10. The van der Waals surface area contributed by atoms with Gasteiger partial charge in [0.2, 0.25) is 0 Å². The van der Waals surface area contributed by atoms with Crippen LogP contribution < -0.4 is 10.6 Å². The van der Waals surface area contributed by atoms with Crippen LogP contribution in [0.3, 0.4) is 0 Å². The van der Waals surface area contributed by atoms with Gasteiger partial charge in [-0.3, -0.25) is 0 Å². The summed E-state index contributed by atoms with van der Waals surface area (Å²) in [6.07, 6.45) is 0.711. The van der Waals surface area contributed by atoms with E-state index in [0.29, 0.717) is 13.0 Å². The lowest BCUT2D eigenvalue weighted by molar-refractivity contribution is 0.252. The van der Waals surface area contributed by atoms with Gasteiger partial charge in [0.1, 0.15) is 5.01 Å². The molecule has 4 nitrogen and oxygen atoms in total. The van der Waals surface area contributed by atoms with Gasteiger partial charge in [-0.1, -0.05) is 42.0 Å². The number of carbonyl (C=O) groups is 1. The second-order valence-corrected chi connectivity index (χ2v) is 7.25. The van der Waals surface area contributed by atoms with Gasteiger partial charge in [0, 0.05) is 29.6 Å². The minimum absolute atomic E-state index is 0.187. The van der Waals surface area contributed by atoms with Crippen molar-refractivity contribution in [3.8, 4) is 10.6 Å². The molecule has 134 valence electrons. The molecule has 0 atom stereocenters. The summed E-state index contributed by atoms with van der Waals surface area (Å²) in [5.74, 6) is 0. The van der Waals surface area contributed by atoms with E-state index >= 15 is 0 Å². The first-order valence-corrected chi connectivity index (χ1v) is 9.53. The summed E-state index contributed by atoms with van der Waals surface area (Å²) >= 11 is 1.63. The van der Waals surface area contributed by atoms with Crippen LogP contribution in [0.1, 0.15) is 22.4 Å². The Hall–Kier alpha value is -2.66. The number of carbonyl (C=O) groups excluding carboxylic acids is 1. The highest BCUT2D eigenvalue weighted by atomic mass is 32.1. The van der Waals surface area contributed by atoms with E-state index in [1.807, 2.05) is 32.0 Å². The van der Waals surface area contributed by atoms with E-state index in [2.05, 4.69) is 52.2 Å². The molecule has 2 N–H and O–H groups in total. The Kier molecular flexibility index (Phi) is 5.68. The fourth-order valence-electron chi connectivity index (χ4n) is 2.61. The highest BCUT2D eigenvalue weighted by Crippen LogP contribution is 2.24. The van der Waals surface area contributed by atoms with E-state index in [4.69, 9.17) is 0 Å². The molecular formula is C21H23N3OS. The Bertz CT molecular complexity index is 900.